The molecule has 1 aliphatic carbocycles. The molecule has 1 fully saturated rings. The Kier molecular flexibility index (Phi) is 5.70. The Morgan fingerprint density at radius 2 is 2.21 bits per heavy atom. The van der Waals surface area contributed by atoms with Crippen molar-refractivity contribution >= 4 is 27.5 Å². The van der Waals surface area contributed by atoms with Gasteiger partial charge in [-0.3, -0.25) is 0 Å². The lowest BCUT2D eigenvalue weighted by Gasteiger charge is -2.22. The Morgan fingerprint density at radius 1 is 1.47 bits per heavy atom. The Morgan fingerprint density at radius 3 is 2.79 bits per heavy atom. The predicted molar refractivity (Wildman–Crippen MR) is 85.5 cm³/mol. The van der Waals surface area contributed by atoms with Crippen LogP contribution in [0.25, 0.3) is 0 Å². The van der Waals surface area contributed by atoms with E-state index in [-0.39, 0.29) is 6.04 Å². The number of hydrogen-bond donors (Lipinski definition) is 1. The molecular weight excluding hydrogens is 324 g/mol. The summed E-state index contributed by atoms with van der Waals surface area (Å²) in [5.74, 6) is 0.937. The highest BCUT2D eigenvalue weighted by molar-refractivity contribution is 9.10. The lowest BCUT2D eigenvalue weighted by Crippen LogP contribution is -2.29. The number of nitrogens with two attached hydrogens (primary N) is 1. The second kappa shape index (κ2) is 7.07. The van der Waals surface area contributed by atoms with Gasteiger partial charge in [0, 0.05) is 22.1 Å². The first-order chi connectivity index (χ1) is 9.10. The summed E-state index contributed by atoms with van der Waals surface area (Å²) in [6.07, 6.45) is 3.77. The van der Waals surface area contributed by atoms with E-state index in [9.17, 15) is 0 Å². The van der Waals surface area contributed by atoms with Gasteiger partial charge < -0.3 is 10.6 Å². The van der Waals surface area contributed by atoms with Gasteiger partial charge in [0.15, 0.2) is 0 Å². The van der Waals surface area contributed by atoms with E-state index in [0.29, 0.717) is 0 Å². The molecule has 0 amide bonds. The molecule has 0 aromatic heterocycles. The fourth-order valence-electron chi connectivity index (χ4n) is 2.32. The van der Waals surface area contributed by atoms with Crippen LogP contribution in [-0.2, 0) is 0 Å². The van der Waals surface area contributed by atoms with Crippen molar-refractivity contribution in [3.8, 4) is 0 Å². The maximum absolute atomic E-state index is 6.27. The van der Waals surface area contributed by atoms with Crippen LogP contribution in [-0.4, -0.2) is 24.5 Å². The van der Waals surface area contributed by atoms with Crippen LogP contribution in [0.5, 0.6) is 0 Å². The SMILES string of the molecule is CCN(CCC(N)c1ccc(Br)cc1Cl)CC1CC1. The van der Waals surface area contributed by atoms with Crippen molar-refractivity contribution < 1.29 is 0 Å². The summed E-state index contributed by atoms with van der Waals surface area (Å²) in [4.78, 5) is 2.50. The predicted octanol–water partition coefficient (Wildman–Crippen LogP) is 4.22. The highest BCUT2D eigenvalue weighted by Gasteiger charge is 2.23. The topological polar surface area (TPSA) is 29.3 Å². The molecule has 1 atom stereocenters. The minimum absolute atomic E-state index is 0.0221. The Hall–Kier alpha value is -0.0900. The van der Waals surface area contributed by atoms with Crippen LogP contribution < -0.4 is 5.73 Å². The first kappa shape index (κ1) is 15.3. The quantitative estimate of drug-likeness (QED) is 0.801. The summed E-state index contributed by atoms with van der Waals surface area (Å²) >= 11 is 9.66. The van der Waals surface area contributed by atoms with Crippen LogP contribution in [0.3, 0.4) is 0 Å². The zero-order valence-electron chi connectivity index (χ0n) is 11.4. The van der Waals surface area contributed by atoms with E-state index in [1.165, 1.54) is 19.4 Å². The van der Waals surface area contributed by atoms with E-state index in [2.05, 4.69) is 27.8 Å². The summed E-state index contributed by atoms with van der Waals surface area (Å²) in [7, 11) is 0. The molecule has 1 aliphatic rings. The normalized spacial score (nSPS) is 16.9. The number of nitrogens with zero attached hydrogens (tertiary/aromatic N) is 1. The Labute approximate surface area is 129 Å². The minimum Gasteiger partial charge on any atom is -0.324 e. The van der Waals surface area contributed by atoms with E-state index in [0.717, 1.165) is 40.5 Å². The molecule has 0 saturated heterocycles. The standard InChI is InChI=1S/C15H22BrClN2/c1-2-19(10-11-3-4-11)8-7-15(18)13-6-5-12(16)9-14(13)17/h5-6,9,11,15H,2-4,7-8,10,18H2,1H3. The van der Waals surface area contributed by atoms with Gasteiger partial charge in [-0.25, -0.2) is 0 Å². The van der Waals surface area contributed by atoms with E-state index >= 15 is 0 Å². The molecule has 4 heteroatoms. The molecule has 0 radical (unpaired) electrons. The van der Waals surface area contributed by atoms with Crippen molar-refractivity contribution in [3.63, 3.8) is 0 Å². The third kappa shape index (κ3) is 4.75. The van der Waals surface area contributed by atoms with Gasteiger partial charge >= 0.3 is 0 Å². The average molecular weight is 346 g/mol. The lowest BCUT2D eigenvalue weighted by molar-refractivity contribution is 0.266. The van der Waals surface area contributed by atoms with Crippen molar-refractivity contribution in [2.24, 2.45) is 11.7 Å². The molecule has 106 valence electrons. The van der Waals surface area contributed by atoms with Gasteiger partial charge in [-0.05, 0) is 56.0 Å². The summed E-state index contributed by atoms with van der Waals surface area (Å²) < 4.78 is 0.998. The summed E-state index contributed by atoms with van der Waals surface area (Å²) in [6, 6.07) is 5.96. The van der Waals surface area contributed by atoms with Gasteiger partial charge in [-0.2, -0.15) is 0 Å². The number of hydrogen-bond acceptors (Lipinski definition) is 2. The van der Waals surface area contributed by atoms with E-state index in [4.69, 9.17) is 17.3 Å². The largest absolute Gasteiger partial charge is 0.324 e. The second-order valence-corrected chi connectivity index (χ2v) is 6.72. The summed E-state index contributed by atoms with van der Waals surface area (Å²) in [5, 5.41) is 0.757. The van der Waals surface area contributed by atoms with Gasteiger partial charge in [-0.1, -0.05) is 40.5 Å². The maximum Gasteiger partial charge on any atom is 0.0464 e. The van der Waals surface area contributed by atoms with Gasteiger partial charge in [0.2, 0.25) is 0 Å². The molecule has 2 nitrogen and oxygen atoms in total. The molecule has 1 saturated carbocycles. The monoisotopic (exact) mass is 344 g/mol. The molecular formula is C15H22BrClN2. The smallest absolute Gasteiger partial charge is 0.0464 e. The van der Waals surface area contributed by atoms with Gasteiger partial charge in [0.25, 0.3) is 0 Å². The highest BCUT2D eigenvalue weighted by atomic mass is 79.9. The average Bonchev–Trinajstić information content (AvgIpc) is 3.18. The first-order valence-corrected chi connectivity index (χ1v) is 8.20. The molecule has 2 rings (SSSR count). The Balaban J connectivity index is 1.86. The van der Waals surface area contributed by atoms with Crippen molar-refractivity contribution in [3.05, 3.63) is 33.3 Å². The molecule has 19 heavy (non-hydrogen) atoms. The molecule has 0 spiro atoms. The van der Waals surface area contributed by atoms with Crippen molar-refractivity contribution in [2.75, 3.05) is 19.6 Å². The molecule has 1 aromatic carbocycles. The van der Waals surface area contributed by atoms with E-state index in [1.807, 2.05) is 18.2 Å². The van der Waals surface area contributed by atoms with Crippen LogP contribution in [0.4, 0.5) is 0 Å². The highest BCUT2D eigenvalue weighted by Crippen LogP contribution is 2.30. The number of halogens is 2. The molecule has 0 aliphatic heterocycles. The molecule has 1 unspecified atom stereocenters. The fraction of sp³-hybridized carbons (Fsp3) is 0.600. The minimum atomic E-state index is 0.0221. The van der Waals surface area contributed by atoms with Crippen LogP contribution in [0.2, 0.25) is 5.02 Å². The maximum atomic E-state index is 6.27. The third-order valence-electron chi connectivity index (χ3n) is 3.78. The van der Waals surface area contributed by atoms with Gasteiger partial charge in [0.1, 0.15) is 0 Å². The van der Waals surface area contributed by atoms with Crippen LogP contribution in [0, 0.1) is 5.92 Å². The van der Waals surface area contributed by atoms with E-state index < -0.39 is 0 Å². The molecule has 0 heterocycles. The lowest BCUT2D eigenvalue weighted by atomic mass is 10.0. The zero-order valence-corrected chi connectivity index (χ0v) is 13.8. The molecule has 2 N–H and O–H groups in total. The Bertz CT molecular complexity index is 421. The van der Waals surface area contributed by atoms with Crippen LogP contribution in [0.1, 0.15) is 37.8 Å². The van der Waals surface area contributed by atoms with Crippen molar-refractivity contribution in [1.29, 1.82) is 0 Å². The van der Waals surface area contributed by atoms with Crippen LogP contribution >= 0.6 is 27.5 Å². The van der Waals surface area contributed by atoms with E-state index in [1.54, 1.807) is 0 Å². The first-order valence-electron chi connectivity index (χ1n) is 7.03. The second-order valence-electron chi connectivity index (χ2n) is 5.40. The summed E-state index contributed by atoms with van der Waals surface area (Å²) in [6.45, 7) is 5.62. The third-order valence-corrected chi connectivity index (χ3v) is 4.60. The van der Waals surface area contributed by atoms with Crippen molar-refractivity contribution in [2.45, 2.75) is 32.2 Å². The molecule has 0 bridgehead atoms. The number of rotatable bonds is 7. The van der Waals surface area contributed by atoms with Gasteiger partial charge in [0.05, 0.1) is 0 Å². The van der Waals surface area contributed by atoms with Gasteiger partial charge in [-0.15, -0.1) is 0 Å². The number of benzene rings is 1. The van der Waals surface area contributed by atoms with Crippen LogP contribution in [0.15, 0.2) is 22.7 Å². The van der Waals surface area contributed by atoms with Crippen molar-refractivity contribution in [1.82, 2.24) is 4.90 Å². The summed E-state index contributed by atoms with van der Waals surface area (Å²) in [5.41, 5.74) is 7.32. The fourth-order valence-corrected chi connectivity index (χ4v) is 3.14. The molecule has 1 aromatic rings. The zero-order chi connectivity index (χ0) is 13.8.